The summed E-state index contributed by atoms with van der Waals surface area (Å²) in [5, 5.41) is 7.34. The normalized spacial score (nSPS) is 11.5. The Morgan fingerprint density at radius 1 is 1.32 bits per heavy atom. The van der Waals surface area contributed by atoms with E-state index >= 15 is 0 Å². The van der Waals surface area contributed by atoms with E-state index in [9.17, 15) is 8.42 Å². The number of sulfonamides is 1. The summed E-state index contributed by atoms with van der Waals surface area (Å²) in [5.41, 5.74) is 6.65. The summed E-state index contributed by atoms with van der Waals surface area (Å²) in [6.07, 6.45) is 0. The number of benzene rings is 1. The lowest BCUT2D eigenvalue weighted by atomic mass is 10.3. The zero-order chi connectivity index (χ0) is 14.2. The van der Waals surface area contributed by atoms with Crippen molar-refractivity contribution in [2.75, 3.05) is 17.1 Å². The average molecular weight is 346 g/mol. The van der Waals surface area contributed by atoms with Crippen LogP contribution in [-0.4, -0.2) is 30.5 Å². The lowest BCUT2D eigenvalue weighted by molar-refractivity contribution is 0.572. The smallest absolute Gasteiger partial charge is 0.284 e. The summed E-state index contributed by atoms with van der Waals surface area (Å²) >= 11 is 3.09. The number of nitrogens with two attached hydrogens (primary N) is 1. The van der Waals surface area contributed by atoms with E-state index in [0.29, 0.717) is 11.4 Å². The summed E-state index contributed by atoms with van der Waals surface area (Å²) < 4.78 is 27.5. The van der Waals surface area contributed by atoms with Crippen LogP contribution in [0.2, 0.25) is 0 Å². The van der Waals surface area contributed by atoms with Crippen LogP contribution in [0, 0.1) is 0 Å². The monoisotopic (exact) mass is 345 g/mol. The molecule has 7 nitrogen and oxygen atoms in total. The third-order valence-corrected chi connectivity index (χ3v) is 5.27. The zero-order valence-corrected chi connectivity index (χ0v) is 12.7. The molecule has 0 spiro atoms. The van der Waals surface area contributed by atoms with E-state index in [1.165, 1.54) is 18.8 Å². The van der Waals surface area contributed by atoms with Gasteiger partial charge in [0.05, 0.1) is 5.69 Å². The Morgan fingerprint density at radius 2 is 1.89 bits per heavy atom. The standard InChI is InChI=1S/C10H12BrN5O2S/c1-15-10(9(11)13-14-15)19(17,18)16(2)8-5-3-7(12)4-6-8/h3-6H,12H2,1-2H3. The van der Waals surface area contributed by atoms with E-state index in [4.69, 9.17) is 5.73 Å². The number of aryl methyl sites for hydroxylation is 1. The molecule has 0 amide bonds. The second kappa shape index (κ2) is 4.82. The number of aromatic nitrogens is 3. The molecule has 0 aliphatic heterocycles. The summed E-state index contributed by atoms with van der Waals surface area (Å²) in [5.74, 6) is 0. The van der Waals surface area contributed by atoms with Gasteiger partial charge in [-0.05, 0) is 40.2 Å². The molecule has 1 aromatic carbocycles. The van der Waals surface area contributed by atoms with Crippen molar-refractivity contribution in [3.05, 3.63) is 28.9 Å². The summed E-state index contributed by atoms with van der Waals surface area (Å²) in [6, 6.07) is 6.53. The Balaban J connectivity index is 2.48. The van der Waals surface area contributed by atoms with E-state index in [2.05, 4.69) is 26.2 Å². The molecule has 0 saturated carbocycles. The van der Waals surface area contributed by atoms with Crippen LogP contribution in [0.3, 0.4) is 0 Å². The first-order valence-corrected chi connectivity index (χ1v) is 7.47. The zero-order valence-electron chi connectivity index (χ0n) is 10.3. The van der Waals surface area contributed by atoms with Crippen LogP contribution in [0.15, 0.2) is 33.9 Å². The first-order valence-electron chi connectivity index (χ1n) is 5.23. The molecule has 2 aromatic rings. The highest BCUT2D eigenvalue weighted by Gasteiger charge is 2.28. The van der Waals surface area contributed by atoms with E-state index in [1.54, 1.807) is 24.3 Å². The molecule has 9 heteroatoms. The molecule has 19 heavy (non-hydrogen) atoms. The Bertz CT molecular complexity index is 676. The van der Waals surface area contributed by atoms with Gasteiger partial charge in [-0.15, -0.1) is 5.10 Å². The summed E-state index contributed by atoms with van der Waals surface area (Å²) in [4.78, 5) is 0. The maximum absolute atomic E-state index is 12.5. The average Bonchev–Trinajstić information content (AvgIpc) is 2.69. The van der Waals surface area contributed by atoms with Crippen LogP contribution in [0.4, 0.5) is 11.4 Å². The van der Waals surface area contributed by atoms with Gasteiger partial charge >= 0.3 is 0 Å². The van der Waals surface area contributed by atoms with Crippen molar-refractivity contribution in [1.82, 2.24) is 15.0 Å². The van der Waals surface area contributed by atoms with Crippen LogP contribution in [0.1, 0.15) is 0 Å². The Morgan fingerprint density at radius 3 is 2.37 bits per heavy atom. The lowest BCUT2D eigenvalue weighted by Gasteiger charge is -2.19. The summed E-state index contributed by atoms with van der Waals surface area (Å²) in [7, 11) is -0.765. The van der Waals surface area contributed by atoms with Gasteiger partial charge < -0.3 is 5.73 Å². The molecule has 0 bridgehead atoms. The van der Waals surface area contributed by atoms with E-state index in [-0.39, 0.29) is 9.63 Å². The Hall–Kier alpha value is -1.61. The number of hydrogen-bond donors (Lipinski definition) is 1. The second-order valence-corrected chi connectivity index (χ2v) is 6.51. The van der Waals surface area contributed by atoms with Crippen molar-refractivity contribution in [3.63, 3.8) is 0 Å². The van der Waals surface area contributed by atoms with Crippen LogP contribution >= 0.6 is 15.9 Å². The van der Waals surface area contributed by atoms with Crippen LogP contribution in [0.25, 0.3) is 0 Å². The third kappa shape index (κ3) is 2.43. The number of nitrogens with zero attached hydrogens (tertiary/aromatic N) is 4. The summed E-state index contributed by atoms with van der Waals surface area (Å²) in [6.45, 7) is 0. The topological polar surface area (TPSA) is 94.1 Å². The van der Waals surface area contributed by atoms with Gasteiger partial charge in [-0.3, -0.25) is 4.31 Å². The molecule has 0 fully saturated rings. The molecule has 2 rings (SSSR count). The van der Waals surface area contributed by atoms with Crippen molar-refractivity contribution in [2.24, 2.45) is 7.05 Å². The van der Waals surface area contributed by atoms with Gasteiger partial charge in [0.2, 0.25) is 5.03 Å². The predicted molar refractivity (Wildman–Crippen MR) is 75.1 cm³/mol. The predicted octanol–water partition coefficient (Wildman–Crippen LogP) is 0.985. The first-order chi connectivity index (χ1) is 8.84. The van der Waals surface area contributed by atoms with Gasteiger partial charge in [-0.1, -0.05) is 5.21 Å². The van der Waals surface area contributed by atoms with Gasteiger partial charge in [-0.25, -0.2) is 4.68 Å². The molecule has 2 N–H and O–H groups in total. The fourth-order valence-electron chi connectivity index (χ4n) is 1.55. The second-order valence-electron chi connectivity index (χ2n) is 3.87. The van der Waals surface area contributed by atoms with Crippen molar-refractivity contribution >= 4 is 37.3 Å². The quantitative estimate of drug-likeness (QED) is 0.837. The van der Waals surface area contributed by atoms with Gasteiger partial charge in [0.25, 0.3) is 10.0 Å². The molecule has 1 aromatic heterocycles. The van der Waals surface area contributed by atoms with Crippen molar-refractivity contribution < 1.29 is 8.42 Å². The van der Waals surface area contributed by atoms with Crippen LogP contribution < -0.4 is 10.0 Å². The molecule has 0 aliphatic carbocycles. The van der Waals surface area contributed by atoms with Crippen molar-refractivity contribution in [1.29, 1.82) is 0 Å². The van der Waals surface area contributed by atoms with Crippen LogP contribution in [-0.2, 0) is 17.1 Å². The highest BCUT2D eigenvalue weighted by atomic mass is 79.9. The molecular formula is C10H12BrN5O2S. The molecule has 0 atom stereocenters. The molecule has 0 radical (unpaired) electrons. The fourth-order valence-corrected chi connectivity index (χ4v) is 3.77. The van der Waals surface area contributed by atoms with E-state index in [0.717, 1.165) is 4.31 Å². The molecule has 1 heterocycles. The van der Waals surface area contributed by atoms with E-state index in [1.807, 2.05) is 0 Å². The maximum Gasteiger partial charge on any atom is 0.284 e. The Labute approximate surface area is 119 Å². The molecule has 0 saturated heterocycles. The van der Waals surface area contributed by atoms with Gasteiger partial charge in [-0.2, -0.15) is 8.42 Å². The van der Waals surface area contributed by atoms with Gasteiger partial charge in [0, 0.05) is 19.8 Å². The van der Waals surface area contributed by atoms with Crippen LogP contribution in [0.5, 0.6) is 0 Å². The minimum atomic E-state index is -3.74. The molecule has 0 aliphatic rings. The number of anilines is 2. The third-order valence-electron chi connectivity index (χ3n) is 2.60. The number of halogens is 1. The molecular weight excluding hydrogens is 334 g/mol. The number of hydrogen-bond acceptors (Lipinski definition) is 5. The van der Waals surface area contributed by atoms with Crippen molar-refractivity contribution in [3.8, 4) is 0 Å². The number of nitrogen functional groups attached to an aromatic ring is 1. The SMILES string of the molecule is CN(c1ccc(N)cc1)S(=O)(=O)c1c(Br)nnn1C. The highest BCUT2D eigenvalue weighted by Crippen LogP contribution is 2.26. The van der Waals surface area contributed by atoms with E-state index < -0.39 is 10.0 Å². The number of rotatable bonds is 3. The minimum absolute atomic E-state index is 0.00757. The first kappa shape index (κ1) is 13.8. The maximum atomic E-state index is 12.5. The van der Waals surface area contributed by atoms with Crippen molar-refractivity contribution in [2.45, 2.75) is 5.03 Å². The van der Waals surface area contributed by atoms with Gasteiger partial charge in [0.15, 0.2) is 4.60 Å². The van der Waals surface area contributed by atoms with Gasteiger partial charge in [0.1, 0.15) is 0 Å². The Kier molecular flexibility index (Phi) is 3.50. The minimum Gasteiger partial charge on any atom is -0.399 e. The molecule has 0 unspecified atom stereocenters. The lowest BCUT2D eigenvalue weighted by Crippen LogP contribution is -2.28. The fraction of sp³-hybridized carbons (Fsp3) is 0.200. The molecule has 102 valence electrons. The largest absolute Gasteiger partial charge is 0.399 e. The highest BCUT2D eigenvalue weighted by molar-refractivity contribution is 9.10.